The standard InChI is InChI=1S/C18H2BrF10NO2/c19-3-1-4(6-8(20)12(24)16(28)13(25)9(6)21)18(30(31)32)5(2-3)7-10(22)14(26)17(29)15(27)11(7)23/h1-2H. The van der Waals surface area contributed by atoms with Crippen LogP contribution in [0.3, 0.4) is 0 Å². The quantitative estimate of drug-likeness (QED) is 0.119. The van der Waals surface area contributed by atoms with Crippen molar-refractivity contribution in [2.45, 2.75) is 0 Å². The molecule has 32 heavy (non-hydrogen) atoms. The van der Waals surface area contributed by atoms with Gasteiger partial charge in [0.2, 0.25) is 11.6 Å². The van der Waals surface area contributed by atoms with Gasteiger partial charge < -0.3 is 0 Å². The van der Waals surface area contributed by atoms with Gasteiger partial charge in [-0.1, -0.05) is 15.9 Å². The van der Waals surface area contributed by atoms with Crippen LogP contribution >= 0.6 is 15.9 Å². The zero-order valence-corrected chi connectivity index (χ0v) is 16.2. The maximum absolute atomic E-state index is 14.3. The number of nitrogens with zero attached hydrogens (tertiary/aromatic N) is 1. The lowest BCUT2D eigenvalue weighted by atomic mass is 9.94. The predicted octanol–water partition coefficient (Wildman–Crippen LogP) is 7.08. The van der Waals surface area contributed by atoms with Gasteiger partial charge in [0, 0.05) is 4.47 Å². The highest BCUT2D eigenvalue weighted by atomic mass is 79.9. The summed E-state index contributed by atoms with van der Waals surface area (Å²) in [6.45, 7) is 0. The second kappa shape index (κ2) is 8.07. The van der Waals surface area contributed by atoms with Crippen LogP contribution < -0.4 is 0 Å². The molecule has 0 radical (unpaired) electrons. The van der Waals surface area contributed by atoms with E-state index in [4.69, 9.17) is 0 Å². The molecule has 0 amide bonds. The average Bonchev–Trinajstić information content (AvgIpc) is 2.73. The second-order valence-corrected chi connectivity index (χ2v) is 6.91. The number of rotatable bonds is 3. The van der Waals surface area contributed by atoms with Crippen LogP contribution in [0.5, 0.6) is 0 Å². The van der Waals surface area contributed by atoms with Crippen LogP contribution in [-0.2, 0) is 0 Å². The fraction of sp³-hybridized carbons (Fsp3) is 0. The molecule has 0 fully saturated rings. The summed E-state index contributed by atoms with van der Waals surface area (Å²) < 4.78 is 138. The highest BCUT2D eigenvalue weighted by Crippen LogP contribution is 2.46. The van der Waals surface area contributed by atoms with Crippen molar-refractivity contribution in [1.82, 2.24) is 0 Å². The third-order valence-electron chi connectivity index (χ3n) is 4.22. The molecular weight excluding hydrogens is 532 g/mol. The Hall–Kier alpha value is -3.16. The van der Waals surface area contributed by atoms with Crippen LogP contribution in [-0.4, -0.2) is 4.92 Å². The minimum absolute atomic E-state index is 0.464. The Bertz CT molecular complexity index is 1180. The molecule has 0 spiro atoms. The first-order valence-electron chi connectivity index (χ1n) is 7.82. The Morgan fingerprint density at radius 1 is 0.562 bits per heavy atom. The molecule has 3 nitrogen and oxygen atoms in total. The van der Waals surface area contributed by atoms with E-state index in [9.17, 15) is 54.0 Å². The predicted molar refractivity (Wildman–Crippen MR) is 91.2 cm³/mol. The molecule has 0 N–H and O–H groups in total. The summed E-state index contributed by atoms with van der Waals surface area (Å²) in [5.41, 5.74) is -8.20. The number of nitro benzene ring substituents is 1. The molecule has 0 aliphatic carbocycles. The number of halogens is 11. The van der Waals surface area contributed by atoms with Gasteiger partial charge in [0.1, 0.15) is 0 Å². The van der Waals surface area contributed by atoms with Gasteiger partial charge in [0.05, 0.1) is 27.2 Å². The first-order chi connectivity index (χ1) is 14.8. The van der Waals surface area contributed by atoms with E-state index in [0.717, 1.165) is 0 Å². The van der Waals surface area contributed by atoms with E-state index in [0.29, 0.717) is 12.1 Å². The SMILES string of the molecule is O=[N+]([O-])c1c(-c2c(F)c(F)c(F)c(F)c2F)cc(Br)cc1-c1c(F)c(F)c(F)c(F)c1F. The summed E-state index contributed by atoms with van der Waals surface area (Å²) in [5, 5.41) is 11.6. The van der Waals surface area contributed by atoms with E-state index in [1.165, 1.54) is 0 Å². The van der Waals surface area contributed by atoms with Crippen molar-refractivity contribution in [3.05, 3.63) is 84.9 Å². The van der Waals surface area contributed by atoms with Crippen molar-refractivity contribution in [3.63, 3.8) is 0 Å². The monoisotopic (exact) mass is 533 g/mol. The number of hydrogen-bond donors (Lipinski definition) is 0. The third-order valence-corrected chi connectivity index (χ3v) is 4.67. The van der Waals surface area contributed by atoms with E-state index >= 15 is 0 Å². The lowest BCUT2D eigenvalue weighted by Gasteiger charge is -2.14. The van der Waals surface area contributed by atoms with Gasteiger partial charge in [-0.05, 0) is 12.1 Å². The minimum Gasteiger partial charge on any atom is -0.258 e. The van der Waals surface area contributed by atoms with Gasteiger partial charge in [0.25, 0.3) is 5.69 Å². The van der Waals surface area contributed by atoms with Gasteiger partial charge in [-0.2, -0.15) is 0 Å². The highest BCUT2D eigenvalue weighted by molar-refractivity contribution is 9.10. The Kier molecular flexibility index (Phi) is 5.93. The topological polar surface area (TPSA) is 43.1 Å². The molecule has 0 aliphatic heterocycles. The van der Waals surface area contributed by atoms with Crippen LogP contribution in [0.15, 0.2) is 16.6 Å². The summed E-state index contributed by atoms with van der Waals surface area (Å²) in [6.07, 6.45) is 0. The van der Waals surface area contributed by atoms with E-state index in [1.807, 2.05) is 0 Å². The lowest BCUT2D eigenvalue weighted by Crippen LogP contribution is -2.08. The van der Waals surface area contributed by atoms with Crippen LogP contribution in [0.4, 0.5) is 49.6 Å². The molecule has 3 rings (SSSR count). The van der Waals surface area contributed by atoms with Gasteiger partial charge in [-0.3, -0.25) is 10.1 Å². The van der Waals surface area contributed by atoms with E-state index in [-0.39, 0.29) is 0 Å². The van der Waals surface area contributed by atoms with Crippen LogP contribution in [0.25, 0.3) is 22.3 Å². The Balaban J connectivity index is 2.57. The first kappa shape index (κ1) is 23.5. The second-order valence-electron chi connectivity index (χ2n) is 6.00. The first-order valence-corrected chi connectivity index (χ1v) is 8.62. The molecule has 3 aromatic carbocycles. The zero-order chi connectivity index (χ0) is 24.2. The van der Waals surface area contributed by atoms with Crippen molar-refractivity contribution >= 4 is 21.6 Å². The van der Waals surface area contributed by atoms with Crippen molar-refractivity contribution < 1.29 is 48.8 Å². The Morgan fingerprint density at radius 3 is 1.06 bits per heavy atom. The Labute approximate surface area is 178 Å². The molecule has 0 unspecified atom stereocenters. The third kappa shape index (κ3) is 3.38. The van der Waals surface area contributed by atoms with Crippen molar-refractivity contribution in [2.75, 3.05) is 0 Å². The van der Waals surface area contributed by atoms with Gasteiger partial charge in [-0.25, -0.2) is 43.9 Å². The molecule has 3 aromatic rings. The summed E-state index contributed by atoms with van der Waals surface area (Å²) in [4.78, 5) is 10.0. The number of benzene rings is 3. The summed E-state index contributed by atoms with van der Waals surface area (Å²) >= 11 is 2.66. The summed E-state index contributed by atoms with van der Waals surface area (Å²) in [6, 6.07) is 0.928. The molecule has 0 bridgehead atoms. The maximum Gasteiger partial charge on any atom is 0.285 e. The number of hydrogen-bond acceptors (Lipinski definition) is 2. The van der Waals surface area contributed by atoms with E-state index < -0.39 is 95.5 Å². The molecular formula is C18H2BrF10NO2. The van der Waals surface area contributed by atoms with Crippen LogP contribution in [0.1, 0.15) is 0 Å². The lowest BCUT2D eigenvalue weighted by molar-refractivity contribution is -0.383. The molecule has 168 valence electrons. The normalized spacial score (nSPS) is 11.2. The molecule has 14 heteroatoms. The van der Waals surface area contributed by atoms with Crippen molar-refractivity contribution in [2.24, 2.45) is 0 Å². The van der Waals surface area contributed by atoms with Gasteiger partial charge >= 0.3 is 0 Å². The zero-order valence-electron chi connectivity index (χ0n) is 14.6. The van der Waals surface area contributed by atoms with Crippen molar-refractivity contribution in [3.8, 4) is 22.3 Å². The molecule has 0 aliphatic rings. The van der Waals surface area contributed by atoms with Crippen LogP contribution in [0.2, 0.25) is 0 Å². The van der Waals surface area contributed by atoms with Gasteiger partial charge in [-0.15, -0.1) is 0 Å². The molecule has 0 atom stereocenters. The van der Waals surface area contributed by atoms with Crippen LogP contribution in [0, 0.1) is 68.3 Å². The average molecular weight is 534 g/mol. The molecule has 0 saturated heterocycles. The van der Waals surface area contributed by atoms with Crippen molar-refractivity contribution in [1.29, 1.82) is 0 Å². The van der Waals surface area contributed by atoms with Gasteiger partial charge in [0.15, 0.2) is 46.5 Å². The smallest absolute Gasteiger partial charge is 0.258 e. The molecule has 0 heterocycles. The number of nitro groups is 1. The largest absolute Gasteiger partial charge is 0.285 e. The summed E-state index contributed by atoms with van der Waals surface area (Å²) in [5.74, 6) is -25.3. The minimum atomic E-state index is -2.60. The highest BCUT2D eigenvalue weighted by Gasteiger charge is 2.36. The van der Waals surface area contributed by atoms with E-state index in [2.05, 4.69) is 15.9 Å². The fourth-order valence-corrected chi connectivity index (χ4v) is 3.32. The Morgan fingerprint density at radius 2 is 0.812 bits per heavy atom. The summed E-state index contributed by atoms with van der Waals surface area (Å²) in [7, 11) is 0. The van der Waals surface area contributed by atoms with E-state index in [1.54, 1.807) is 0 Å². The molecule has 0 saturated carbocycles. The molecule has 0 aromatic heterocycles. The fourth-order valence-electron chi connectivity index (χ4n) is 2.86. The maximum atomic E-state index is 14.3.